The van der Waals surface area contributed by atoms with Gasteiger partial charge in [0.2, 0.25) is 0 Å². The molecule has 2 amide bonds. The fourth-order valence-electron chi connectivity index (χ4n) is 4.41. The lowest BCUT2D eigenvalue weighted by molar-refractivity contribution is -0.113. The van der Waals surface area contributed by atoms with Crippen LogP contribution < -0.4 is 16.0 Å². The second-order valence-electron chi connectivity index (χ2n) is 8.97. The van der Waals surface area contributed by atoms with Crippen LogP contribution in [-0.4, -0.2) is 21.6 Å². The molecule has 1 aromatic heterocycles. The number of rotatable bonds is 5. The minimum Gasteiger partial charge on any atom is -0.343 e. The molecule has 1 unspecified atom stereocenters. The molecule has 0 aliphatic carbocycles. The van der Waals surface area contributed by atoms with Crippen molar-refractivity contribution in [3.05, 3.63) is 119 Å². The van der Waals surface area contributed by atoms with Gasteiger partial charge >= 0.3 is 0 Å². The highest BCUT2D eigenvalue weighted by molar-refractivity contribution is 6.09. The molecule has 4 aromatic rings. The molecule has 0 spiro atoms. The van der Waals surface area contributed by atoms with Crippen LogP contribution in [0.25, 0.3) is 0 Å². The highest BCUT2D eigenvalue weighted by Gasteiger charge is 2.35. The van der Waals surface area contributed by atoms with Crippen molar-refractivity contribution in [1.82, 2.24) is 9.78 Å². The topological polar surface area (TPSA) is 88.0 Å². The Bertz CT molecular complexity index is 1470. The Morgan fingerprint density at radius 2 is 1.50 bits per heavy atom. The number of nitrogens with zero attached hydrogens (tertiary/aromatic N) is 2. The van der Waals surface area contributed by atoms with Crippen LogP contribution >= 0.6 is 0 Å². The number of amides is 2. The van der Waals surface area contributed by atoms with E-state index in [9.17, 15) is 9.59 Å². The zero-order valence-corrected chi connectivity index (χ0v) is 20.4. The summed E-state index contributed by atoms with van der Waals surface area (Å²) < 4.78 is 1.71. The number of aromatic nitrogens is 2. The molecular formula is C29H27N5O2. The quantitative estimate of drug-likeness (QED) is 0.345. The minimum absolute atomic E-state index is 0.233. The fourth-order valence-corrected chi connectivity index (χ4v) is 4.41. The van der Waals surface area contributed by atoms with E-state index >= 15 is 0 Å². The average molecular weight is 478 g/mol. The van der Waals surface area contributed by atoms with Crippen molar-refractivity contribution in [2.45, 2.75) is 26.8 Å². The molecule has 1 atom stereocenters. The summed E-state index contributed by atoms with van der Waals surface area (Å²) in [6, 6.07) is 24.5. The monoisotopic (exact) mass is 477 g/mol. The Kier molecular flexibility index (Phi) is 6.12. The molecule has 2 heterocycles. The molecule has 1 aliphatic heterocycles. The number of allylic oxidation sites excluding steroid dienone is 1. The first-order valence-corrected chi connectivity index (χ1v) is 11.8. The van der Waals surface area contributed by atoms with E-state index in [1.165, 1.54) is 0 Å². The van der Waals surface area contributed by atoms with E-state index in [1.807, 2.05) is 99.6 Å². The van der Waals surface area contributed by atoms with Gasteiger partial charge in [0.1, 0.15) is 17.4 Å². The molecular weight excluding hydrogens is 450 g/mol. The number of hydrogen-bond acceptors (Lipinski definition) is 4. The van der Waals surface area contributed by atoms with Gasteiger partial charge in [0.25, 0.3) is 11.8 Å². The molecule has 5 rings (SSSR count). The number of para-hydroxylation sites is 1. The fraction of sp³-hybridized carbons (Fsp3) is 0.138. The Labute approximate surface area is 209 Å². The Morgan fingerprint density at radius 3 is 2.22 bits per heavy atom. The molecule has 0 fully saturated rings. The third-order valence-electron chi connectivity index (χ3n) is 6.21. The standard InChI is InChI=1S/C29H27N5O2/c1-18-12-14-21(15-13-18)26-25(29(36)32-22-9-5-4-6-10-22)20(3)31-27-24(17-30-34(26)27)28(35)33-23-11-7-8-19(2)16-23/h4-17,26,31H,1-3H3,(H,32,36)(H,33,35). The second kappa shape index (κ2) is 9.54. The zero-order valence-electron chi connectivity index (χ0n) is 20.4. The van der Waals surface area contributed by atoms with Gasteiger partial charge < -0.3 is 16.0 Å². The lowest BCUT2D eigenvalue weighted by atomic mass is 9.94. The summed E-state index contributed by atoms with van der Waals surface area (Å²) in [6.45, 7) is 5.84. The second-order valence-corrected chi connectivity index (χ2v) is 8.97. The van der Waals surface area contributed by atoms with Gasteiger partial charge in [-0.15, -0.1) is 0 Å². The van der Waals surface area contributed by atoms with Crippen molar-refractivity contribution >= 4 is 29.0 Å². The number of anilines is 3. The van der Waals surface area contributed by atoms with Crippen LogP contribution in [0.1, 0.15) is 40.0 Å². The first-order chi connectivity index (χ1) is 17.4. The number of benzene rings is 3. The molecule has 0 saturated carbocycles. The van der Waals surface area contributed by atoms with E-state index in [2.05, 4.69) is 21.0 Å². The molecule has 1 aliphatic rings. The lowest BCUT2D eigenvalue weighted by Gasteiger charge is -2.30. The number of carbonyl (C=O) groups is 2. The van der Waals surface area contributed by atoms with Crippen molar-refractivity contribution in [2.24, 2.45) is 0 Å². The summed E-state index contributed by atoms with van der Waals surface area (Å²) >= 11 is 0. The number of aryl methyl sites for hydroxylation is 2. The van der Waals surface area contributed by atoms with Crippen LogP contribution in [0, 0.1) is 13.8 Å². The number of hydrogen-bond donors (Lipinski definition) is 3. The summed E-state index contributed by atoms with van der Waals surface area (Å²) in [4.78, 5) is 26.7. The van der Waals surface area contributed by atoms with Crippen LogP contribution in [-0.2, 0) is 4.79 Å². The van der Waals surface area contributed by atoms with Crippen molar-refractivity contribution in [2.75, 3.05) is 16.0 Å². The maximum absolute atomic E-state index is 13.5. The summed E-state index contributed by atoms with van der Waals surface area (Å²) in [6.07, 6.45) is 1.54. The van der Waals surface area contributed by atoms with Gasteiger partial charge in [-0.1, -0.05) is 60.2 Å². The zero-order chi connectivity index (χ0) is 25.2. The molecule has 180 valence electrons. The SMILES string of the molecule is CC1=C(C(=O)Nc2ccccc2)C(c2ccc(C)cc2)n2ncc(C(=O)Nc3cccc(C)c3)c2N1. The van der Waals surface area contributed by atoms with Gasteiger partial charge in [-0.05, 0) is 56.2 Å². The predicted octanol–water partition coefficient (Wildman–Crippen LogP) is 5.68. The van der Waals surface area contributed by atoms with E-state index in [4.69, 9.17) is 0 Å². The van der Waals surface area contributed by atoms with Gasteiger partial charge in [0, 0.05) is 17.1 Å². The average Bonchev–Trinajstić information content (AvgIpc) is 3.28. The highest BCUT2D eigenvalue weighted by Crippen LogP contribution is 2.38. The summed E-state index contributed by atoms with van der Waals surface area (Å²) in [5, 5.41) is 13.8. The lowest BCUT2D eigenvalue weighted by Crippen LogP contribution is -2.32. The number of fused-ring (bicyclic) bond motifs is 1. The molecule has 0 bridgehead atoms. The van der Waals surface area contributed by atoms with Crippen molar-refractivity contribution in [3.8, 4) is 0 Å². The maximum atomic E-state index is 13.5. The van der Waals surface area contributed by atoms with Crippen LogP contribution in [0.4, 0.5) is 17.2 Å². The van der Waals surface area contributed by atoms with Crippen molar-refractivity contribution in [3.63, 3.8) is 0 Å². The predicted molar refractivity (Wildman–Crippen MR) is 142 cm³/mol. The van der Waals surface area contributed by atoms with Gasteiger partial charge in [0.05, 0.1) is 11.8 Å². The Hall–Kier alpha value is -4.65. The third-order valence-corrected chi connectivity index (χ3v) is 6.21. The van der Waals surface area contributed by atoms with Gasteiger partial charge in [-0.3, -0.25) is 9.59 Å². The van der Waals surface area contributed by atoms with E-state index in [0.29, 0.717) is 34.0 Å². The van der Waals surface area contributed by atoms with E-state index < -0.39 is 6.04 Å². The van der Waals surface area contributed by atoms with Crippen LogP contribution in [0.2, 0.25) is 0 Å². The first-order valence-electron chi connectivity index (χ1n) is 11.8. The van der Waals surface area contributed by atoms with Gasteiger partial charge in [-0.25, -0.2) is 4.68 Å². The van der Waals surface area contributed by atoms with Crippen molar-refractivity contribution in [1.29, 1.82) is 0 Å². The summed E-state index contributed by atoms with van der Waals surface area (Å²) in [5.74, 6) is 0.0326. The molecule has 7 heteroatoms. The molecule has 3 aromatic carbocycles. The van der Waals surface area contributed by atoms with Gasteiger partial charge in [-0.2, -0.15) is 5.10 Å². The first kappa shape index (κ1) is 23.1. The molecule has 3 N–H and O–H groups in total. The molecule has 7 nitrogen and oxygen atoms in total. The number of carbonyl (C=O) groups excluding carboxylic acids is 2. The van der Waals surface area contributed by atoms with E-state index in [1.54, 1.807) is 10.9 Å². The smallest absolute Gasteiger partial charge is 0.261 e. The highest BCUT2D eigenvalue weighted by atomic mass is 16.2. The van der Waals surface area contributed by atoms with E-state index in [-0.39, 0.29) is 11.8 Å². The molecule has 36 heavy (non-hydrogen) atoms. The maximum Gasteiger partial charge on any atom is 0.261 e. The minimum atomic E-state index is -0.508. The van der Waals surface area contributed by atoms with Crippen molar-refractivity contribution < 1.29 is 9.59 Å². The Morgan fingerprint density at radius 1 is 0.806 bits per heavy atom. The molecule has 0 saturated heterocycles. The van der Waals surface area contributed by atoms with Crippen LogP contribution in [0.15, 0.2) is 96.3 Å². The van der Waals surface area contributed by atoms with Crippen LogP contribution in [0.3, 0.4) is 0 Å². The van der Waals surface area contributed by atoms with E-state index in [0.717, 1.165) is 16.7 Å². The largest absolute Gasteiger partial charge is 0.343 e. The number of nitrogens with one attached hydrogen (secondary N) is 3. The van der Waals surface area contributed by atoms with Gasteiger partial charge in [0.15, 0.2) is 0 Å². The summed E-state index contributed by atoms with van der Waals surface area (Å²) in [7, 11) is 0. The van der Waals surface area contributed by atoms with Crippen LogP contribution in [0.5, 0.6) is 0 Å². The third kappa shape index (κ3) is 4.51. The normalized spacial score (nSPS) is 14.6. The molecule has 0 radical (unpaired) electrons. The summed E-state index contributed by atoms with van der Waals surface area (Å²) in [5.41, 5.74) is 6.06. The Balaban J connectivity index is 1.54.